The summed E-state index contributed by atoms with van der Waals surface area (Å²) in [5, 5.41) is 3.53. The third-order valence-corrected chi connectivity index (χ3v) is 4.79. The van der Waals surface area contributed by atoms with Gasteiger partial charge in [-0.05, 0) is 56.7 Å². The molecule has 1 atom stereocenters. The number of rotatable bonds is 3. The van der Waals surface area contributed by atoms with E-state index < -0.39 is 0 Å². The van der Waals surface area contributed by atoms with E-state index in [0.29, 0.717) is 5.56 Å². The molecule has 0 saturated heterocycles. The van der Waals surface area contributed by atoms with E-state index in [1.807, 2.05) is 43.3 Å². The molecule has 0 radical (unpaired) electrons. The van der Waals surface area contributed by atoms with Crippen LogP contribution in [-0.4, -0.2) is 10.9 Å². The SMILES string of the molecule is Cc1ccc(N2C(=O)c3cccnc3[C@H]2Nc2ccc(C)cc2C)cc1. The number of carbonyl (C=O) groups is 1. The van der Waals surface area contributed by atoms with Crippen molar-refractivity contribution in [1.82, 2.24) is 4.98 Å². The summed E-state index contributed by atoms with van der Waals surface area (Å²) in [6.45, 7) is 6.18. The zero-order valence-corrected chi connectivity index (χ0v) is 15.2. The summed E-state index contributed by atoms with van der Waals surface area (Å²) in [4.78, 5) is 19.4. The van der Waals surface area contributed by atoms with Crippen molar-refractivity contribution in [2.75, 3.05) is 10.2 Å². The van der Waals surface area contributed by atoms with Gasteiger partial charge in [0.25, 0.3) is 5.91 Å². The molecule has 1 aromatic heterocycles. The Hall–Kier alpha value is -3.14. The molecule has 0 unspecified atom stereocenters. The highest BCUT2D eigenvalue weighted by Crippen LogP contribution is 2.37. The van der Waals surface area contributed by atoms with Crippen LogP contribution in [0, 0.1) is 20.8 Å². The number of nitrogens with zero attached hydrogens (tertiary/aromatic N) is 2. The Morgan fingerprint density at radius 3 is 2.42 bits per heavy atom. The molecule has 4 nitrogen and oxygen atoms in total. The highest BCUT2D eigenvalue weighted by atomic mass is 16.2. The monoisotopic (exact) mass is 343 g/mol. The first kappa shape index (κ1) is 16.3. The lowest BCUT2D eigenvalue weighted by atomic mass is 10.1. The lowest BCUT2D eigenvalue weighted by molar-refractivity contribution is 0.0993. The maximum Gasteiger partial charge on any atom is 0.262 e. The molecule has 1 amide bonds. The Balaban J connectivity index is 1.79. The first-order chi connectivity index (χ1) is 12.5. The van der Waals surface area contributed by atoms with E-state index in [4.69, 9.17) is 0 Å². The van der Waals surface area contributed by atoms with Crippen LogP contribution in [0.15, 0.2) is 60.8 Å². The van der Waals surface area contributed by atoms with Crippen molar-refractivity contribution in [3.05, 3.63) is 88.7 Å². The molecular formula is C22H21N3O. The number of carbonyl (C=O) groups excluding carboxylic acids is 1. The number of aryl methyl sites for hydroxylation is 3. The van der Waals surface area contributed by atoms with Gasteiger partial charge in [-0.3, -0.25) is 14.7 Å². The molecule has 0 bridgehead atoms. The smallest absolute Gasteiger partial charge is 0.262 e. The molecule has 1 N–H and O–H groups in total. The van der Waals surface area contributed by atoms with E-state index in [0.717, 1.165) is 28.2 Å². The second-order valence-electron chi connectivity index (χ2n) is 6.81. The molecule has 0 aliphatic carbocycles. The van der Waals surface area contributed by atoms with Crippen molar-refractivity contribution in [1.29, 1.82) is 0 Å². The molecule has 1 aliphatic heterocycles. The zero-order chi connectivity index (χ0) is 18.3. The van der Waals surface area contributed by atoms with E-state index in [1.54, 1.807) is 11.1 Å². The third kappa shape index (κ3) is 2.73. The molecule has 130 valence electrons. The van der Waals surface area contributed by atoms with Gasteiger partial charge in [0.1, 0.15) is 0 Å². The number of fused-ring (bicyclic) bond motifs is 1. The topological polar surface area (TPSA) is 45.2 Å². The van der Waals surface area contributed by atoms with Gasteiger partial charge >= 0.3 is 0 Å². The standard InChI is InChI=1S/C22H21N3O/c1-14-6-9-17(10-7-14)25-21(20-18(22(25)26)5-4-12-23-20)24-19-11-8-15(2)13-16(19)3/h4-13,21,24H,1-3H3/t21-/m0/s1. The van der Waals surface area contributed by atoms with Gasteiger partial charge in [0.15, 0.2) is 6.17 Å². The number of aromatic nitrogens is 1. The normalized spacial score (nSPS) is 15.9. The molecule has 4 rings (SSSR count). The average molecular weight is 343 g/mol. The van der Waals surface area contributed by atoms with Crippen LogP contribution < -0.4 is 10.2 Å². The minimum atomic E-state index is -0.331. The second-order valence-corrected chi connectivity index (χ2v) is 6.81. The Kier molecular flexibility index (Phi) is 3.96. The Labute approximate surface area is 153 Å². The Morgan fingerprint density at radius 1 is 0.962 bits per heavy atom. The van der Waals surface area contributed by atoms with Crippen LogP contribution in [0.3, 0.4) is 0 Å². The summed E-state index contributed by atoms with van der Waals surface area (Å²) in [7, 11) is 0. The van der Waals surface area contributed by atoms with E-state index in [9.17, 15) is 4.79 Å². The average Bonchev–Trinajstić information content (AvgIpc) is 2.91. The first-order valence-electron chi connectivity index (χ1n) is 8.73. The number of amides is 1. The van der Waals surface area contributed by atoms with E-state index in [2.05, 4.69) is 42.3 Å². The summed E-state index contributed by atoms with van der Waals surface area (Å²) >= 11 is 0. The van der Waals surface area contributed by atoms with Crippen molar-refractivity contribution in [3.8, 4) is 0 Å². The summed E-state index contributed by atoms with van der Waals surface area (Å²) < 4.78 is 0. The maximum absolute atomic E-state index is 13.1. The van der Waals surface area contributed by atoms with Gasteiger partial charge < -0.3 is 5.32 Å². The van der Waals surface area contributed by atoms with Gasteiger partial charge in [0.05, 0.1) is 11.3 Å². The molecule has 3 aromatic rings. The molecule has 0 fully saturated rings. The van der Waals surface area contributed by atoms with Gasteiger partial charge in [-0.1, -0.05) is 35.4 Å². The number of hydrogen-bond donors (Lipinski definition) is 1. The molecule has 4 heteroatoms. The zero-order valence-electron chi connectivity index (χ0n) is 15.2. The Morgan fingerprint density at radius 2 is 1.69 bits per heavy atom. The second kappa shape index (κ2) is 6.30. The van der Waals surface area contributed by atoms with E-state index >= 15 is 0 Å². The summed E-state index contributed by atoms with van der Waals surface area (Å²) in [6, 6.07) is 17.9. The quantitative estimate of drug-likeness (QED) is 0.744. The summed E-state index contributed by atoms with van der Waals surface area (Å²) in [5.74, 6) is -0.0285. The van der Waals surface area contributed by atoms with Crippen molar-refractivity contribution < 1.29 is 4.79 Å². The summed E-state index contributed by atoms with van der Waals surface area (Å²) in [5.41, 5.74) is 6.79. The number of anilines is 2. The van der Waals surface area contributed by atoms with Gasteiger partial charge in [-0.15, -0.1) is 0 Å². The lowest BCUT2D eigenvalue weighted by Gasteiger charge is -2.27. The van der Waals surface area contributed by atoms with Crippen LogP contribution >= 0.6 is 0 Å². The van der Waals surface area contributed by atoms with Gasteiger partial charge in [-0.25, -0.2) is 0 Å². The highest BCUT2D eigenvalue weighted by Gasteiger charge is 2.39. The molecule has 0 spiro atoms. The van der Waals surface area contributed by atoms with Gasteiger partial charge in [-0.2, -0.15) is 0 Å². The predicted octanol–water partition coefficient (Wildman–Crippen LogP) is 4.78. The van der Waals surface area contributed by atoms with Crippen molar-refractivity contribution >= 4 is 17.3 Å². The van der Waals surface area contributed by atoms with Crippen LogP contribution in [0.2, 0.25) is 0 Å². The number of hydrogen-bond acceptors (Lipinski definition) is 3. The fourth-order valence-electron chi connectivity index (χ4n) is 3.41. The van der Waals surface area contributed by atoms with Gasteiger partial charge in [0, 0.05) is 17.6 Å². The lowest BCUT2D eigenvalue weighted by Crippen LogP contribution is -2.32. The number of benzene rings is 2. The van der Waals surface area contributed by atoms with Gasteiger partial charge in [0.2, 0.25) is 0 Å². The van der Waals surface area contributed by atoms with E-state index in [1.165, 1.54) is 5.56 Å². The van der Waals surface area contributed by atoms with E-state index in [-0.39, 0.29) is 12.1 Å². The molecule has 2 aromatic carbocycles. The van der Waals surface area contributed by atoms with Crippen molar-refractivity contribution in [2.24, 2.45) is 0 Å². The molecule has 1 aliphatic rings. The van der Waals surface area contributed by atoms with Crippen LogP contribution in [0.25, 0.3) is 0 Å². The number of nitrogens with one attached hydrogen (secondary N) is 1. The molecule has 26 heavy (non-hydrogen) atoms. The third-order valence-electron chi connectivity index (χ3n) is 4.79. The largest absolute Gasteiger partial charge is 0.360 e. The van der Waals surface area contributed by atoms with Crippen molar-refractivity contribution in [2.45, 2.75) is 26.9 Å². The fourth-order valence-corrected chi connectivity index (χ4v) is 3.41. The van der Waals surface area contributed by atoms with Crippen molar-refractivity contribution in [3.63, 3.8) is 0 Å². The van der Waals surface area contributed by atoms with Crippen LogP contribution in [0.5, 0.6) is 0 Å². The molecular weight excluding hydrogens is 322 g/mol. The predicted molar refractivity (Wildman–Crippen MR) is 105 cm³/mol. The maximum atomic E-state index is 13.1. The number of pyridine rings is 1. The van der Waals surface area contributed by atoms with Crippen LogP contribution in [0.1, 0.15) is 38.9 Å². The summed E-state index contributed by atoms with van der Waals surface area (Å²) in [6.07, 6.45) is 1.41. The minimum absolute atomic E-state index is 0.0285. The molecule has 2 heterocycles. The first-order valence-corrected chi connectivity index (χ1v) is 8.73. The highest BCUT2D eigenvalue weighted by molar-refractivity contribution is 6.11. The minimum Gasteiger partial charge on any atom is -0.360 e. The van der Waals surface area contributed by atoms with Crippen LogP contribution in [-0.2, 0) is 0 Å². The molecule has 0 saturated carbocycles. The fraction of sp³-hybridized carbons (Fsp3) is 0.182. The Bertz CT molecular complexity index is 979. The van der Waals surface area contributed by atoms with Crippen LogP contribution in [0.4, 0.5) is 11.4 Å².